The molecule has 5 aromatic rings. The van der Waals surface area contributed by atoms with Crippen LogP contribution in [0, 0.1) is 0 Å². The zero-order chi connectivity index (χ0) is 32.2. The molecule has 0 aliphatic carbocycles. The molecule has 1 saturated heterocycles. The van der Waals surface area contributed by atoms with Crippen molar-refractivity contribution in [1.29, 1.82) is 0 Å². The summed E-state index contributed by atoms with van der Waals surface area (Å²) < 4.78 is 33.8. The average Bonchev–Trinajstić information content (AvgIpc) is 3.14. The second-order valence-electron chi connectivity index (χ2n) is 11.8. The molecule has 6 rings (SSSR count). The predicted molar refractivity (Wildman–Crippen MR) is 181 cm³/mol. The number of aliphatic hydroxyl groups excluding tert-OH is 1. The third kappa shape index (κ3) is 8.42. The largest absolute Gasteiger partial charge is 0.392 e. The van der Waals surface area contributed by atoms with Crippen LogP contribution in [0.25, 0.3) is 0 Å². The van der Waals surface area contributed by atoms with Crippen molar-refractivity contribution in [3.8, 4) is 0 Å². The molecular formula is C41H42O6. The van der Waals surface area contributed by atoms with Crippen molar-refractivity contribution in [3.05, 3.63) is 179 Å². The van der Waals surface area contributed by atoms with Crippen molar-refractivity contribution in [1.82, 2.24) is 0 Å². The Morgan fingerprint density at radius 1 is 0.553 bits per heavy atom. The fraction of sp³-hybridized carbons (Fsp3) is 0.268. The molecule has 1 aliphatic rings. The van der Waals surface area contributed by atoms with Crippen LogP contribution in [0.4, 0.5) is 0 Å². The van der Waals surface area contributed by atoms with E-state index in [2.05, 4.69) is 48.5 Å². The molecule has 0 bridgehead atoms. The Bertz CT molecular complexity index is 1600. The summed E-state index contributed by atoms with van der Waals surface area (Å²) in [5.41, 5.74) is 4.81. The molecule has 1 fully saturated rings. The van der Waals surface area contributed by atoms with Gasteiger partial charge >= 0.3 is 0 Å². The van der Waals surface area contributed by atoms with Gasteiger partial charge in [-0.1, -0.05) is 146 Å². The summed E-state index contributed by atoms with van der Waals surface area (Å²) in [6.07, 6.45) is -1.61. The normalized spacial score (nSPS) is 21.0. The lowest BCUT2D eigenvalue weighted by Gasteiger charge is -2.51. The minimum Gasteiger partial charge on any atom is -0.392 e. The minimum atomic E-state index is -1.09. The molecule has 0 unspecified atom stereocenters. The van der Waals surface area contributed by atoms with Crippen LogP contribution in [-0.4, -0.2) is 36.6 Å². The van der Waals surface area contributed by atoms with E-state index < -0.39 is 23.9 Å². The third-order valence-corrected chi connectivity index (χ3v) is 8.57. The zero-order valence-corrected chi connectivity index (χ0v) is 26.5. The molecule has 4 atom stereocenters. The van der Waals surface area contributed by atoms with E-state index in [4.69, 9.17) is 23.7 Å². The van der Waals surface area contributed by atoms with Gasteiger partial charge in [0.05, 0.1) is 46.2 Å². The summed E-state index contributed by atoms with van der Waals surface area (Å²) in [6, 6.07) is 48.4. The Kier molecular flexibility index (Phi) is 11.6. The van der Waals surface area contributed by atoms with Gasteiger partial charge in [-0.05, 0) is 33.4 Å². The number of rotatable bonds is 15. The Balaban J connectivity index is 1.40. The molecule has 6 heteroatoms. The van der Waals surface area contributed by atoms with Crippen LogP contribution in [0.2, 0.25) is 0 Å². The molecule has 6 nitrogen and oxygen atoms in total. The first-order valence-corrected chi connectivity index (χ1v) is 16.2. The monoisotopic (exact) mass is 630 g/mol. The Morgan fingerprint density at radius 3 is 1.57 bits per heavy atom. The van der Waals surface area contributed by atoms with E-state index in [1.165, 1.54) is 0 Å². The molecule has 47 heavy (non-hydrogen) atoms. The summed E-state index contributed by atoms with van der Waals surface area (Å²) in [4.78, 5) is 0. The maximum Gasteiger partial charge on any atom is 0.150 e. The van der Waals surface area contributed by atoms with Crippen LogP contribution in [-0.2, 0) is 62.3 Å². The summed E-state index contributed by atoms with van der Waals surface area (Å²) in [6.45, 7) is 2.01. The standard InChI is InChI=1S/C41H42O6/c42-25-32-21-23-37(24-22-32)41(47-29-36-19-11-4-12-20-36)39(45-27-34-15-7-2-8-16-34)31-44-38(30-43-26-33-13-5-1-6-14-33)40(41)46-28-35-17-9-3-10-18-35/h1-24,38-40,42H,25-31H2/t38-,39+,40-,41-/m1/s1. The van der Waals surface area contributed by atoms with Gasteiger partial charge < -0.3 is 28.8 Å². The van der Waals surface area contributed by atoms with Crippen molar-refractivity contribution < 1.29 is 28.8 Å². The van der Waals surface area contributed by atoms with E-state index in [1.807, 2.05) is 97.1 Å². The fourth-order valence-electron chi connectivity index (χ4n) is 6.07. The maximum absolute atomic E-state index is 9.90. The van der Waals surface area contributed by atoms with Gasteiger partial charge in [-0.2, -0.15) is 0 Å². The number of ether oxygens (including phenoxy) is 5. The second-order valence-corrected chi connectivity index (χ2v) is 11.8. The van der Waals surface area contributed by atoms with Gasteiger partial charge in [0.15, 0.2) is 5.60 Å². The van der Waals surface area contributed by atoms with E-state index >= 15 is 0 Å². The van der Waals surface area contributed by atoms with Gasteiger partial charge in [0, 0.05) is 0 Å². The average molecular weight is 631 g/mol. The summed E-state index contributed by atoms with van der Waals surface area (Å²) in [5, 5.41) is 9.90. The predicted octanol–water partition coefficient (Wildman–Crippen LogP) is 7.38. The van der Waals surface area contributed by atoms with Crippen LogP contribution >= 0.6 is 0 Å². The number of hydrogen-bond donors (Lipinski definition) is 1. The van der Waals surface area contributed by atoms with Crippen molar-refractivity contribution >= 4 is 0 Å². The van der Waals surface area contributed by atoms with Gasteiger partial charge in [-0.15, -0.1) is 0 Å². The summed E-state index contributed by atoms with van der Waals surface area (Å²) in [7, 11) is 0. The molecule has 0 aromatic heterocycles. The van der Waals surface area contributed by atoms with Gasteiger partial charge in [0.1, 0.15) is 18.3 Å². The van der Waals surface area contributed by atoms with Crippen molar-refractivity contribution in [2.24, 2.45) is 0 Å². The summed E-state index contributed by atoms with van der Waals surface area (Å²) in [5.74, 6) is 0. The molecule has 1 N–H and O–H groups in total. The number of benzene rings is 5. The van der Waals surface area contributed by atoms with Crippen LogP contribution < -0.4 is 0 Å². The molecule has 0 amide bonds. The summed E-state index contributed by atoms with van der Waals surface area (Å²) >= 11 is 0. The molecular weight excluding hydrogens is 588 g/mol. The lowest BCUT2D eigenvalue weighted by atomic mass is 9.78. The van der Waals surface area contributed by atoms with Crippen LogP contribution in [0.15, 0.2) is 146 Å². The van der Waals surface area contributed by atoms with Gasteiger partial charge in [-0.25, -0.2) is 0 Å². The van der Waals surface area contributed by atoms with Crippen LogP contribution in [0.3, 0.4) is 0 Å². The molecule has 0 radical (unpaired) electrons. The SMILES string of the molecule is OCc1ccc([C@@]2(OCc3ccccc3)[C@@H](OCc3ccccc3)CO[C@H](COCc3ccccc3)[C@H]2OCc2ccccc2)cc1. The van der Waals surface area contributed by atoms with E-state index in [0.29, 0.717) is 33.0 Å². The molecule has 242 valence electrons. The Hall–Kier alpha value is -4.14. The van der Waals surface area contributed by atoms with Crippen molar-refractivity contribution in [2.75, 3.05) is 13.2 Å². The molecule has 0 spiro atoms. The van der Waals surface area contributed by atoms with E-state index in [1.54, 1.807) is 0 Å². The quantitative estimate of drug-likeness (QED) is 0.130. The highest BCUT2D eigenvalue weighted by Gasteiger charge is 2.57. The maximum atomic E-state index is 9.90. The molecule has 5 aromatic carbocycles. The second kappa shape index (κ2) is 16.6. The minimum absolute atomic E-state index is 0.0565. The van der Waals surface area contributed by atoms with E-state index in [0.717, 1.165) is 33.4 Å². The number of aliphatic hydroxyl groups is 1. The molecule has 1 aliphatic heterocycles. The topological polar surface area (TPSA) is 66.4 Å². The van der Waals surface area contributed by atoms with E-state index in [-0.39, 0.29) is 13.2 Å². The van der Waals surface area contributed by atoms with Gasteiger partial charge in [0.25, 0.3) is 0 Å². The Labute approximate surface area is 277 Å². The number of hydrogen-bond acceptors (Lipinski definition) is 6. The smallest absolute Gasteiger partial charge is 0.150 e. The zero-order valence-electron chi connectivity index (χ0n) is 26.5. The highest BCUT2D eigenvalue weighted by atomic mass is 16.6. The van der Waals surface area contributed by atoms with Crippen molar-refractivity contribution in [3.63, 3.8) is 0 Å². The van der Waals surface area contributed by atoms with Crippen molar-refractivity contribution in [2.45, 2.75) is 56.9 Å². The highest BCUT2D eigenvalue weighted by molar-refractivity contribution is 5.32. The van der Waals surface area contributed by atoms with E-state index in [9.17, 15) is 5.11 Å². The fourth-order valence-corrected chi connectivity index (χ4v) is 6.07. The first-order valence-electron chi connectivity index (χ1n) is 16.2. The highest BCUT2D eigenvalue weighted by Crippen LogP contribution is 2.44. The molecule has 0 saturated carbocycles. The Morgan fingerprint density at radius 2 is 1.04 bits per heavy atom. The lowest BCUT2D eigenvalue weighted by Crippen LogP contribution is -2.64. The lowest BCUT2D eigenvalue weighted by molar-refractivity contribution is -0.302. The third-order valence-electron chi connectivity index (χ3n) is 8.57. The van der Waals surface area contributed by atoms with Gasteiger partial charge in [-0.3, -0.25) is 0 Å². The first kappa shape index (κ1) is 32.8. The van der Waals surface area contributed by atoms with Crippen LogP contribution in [0.1, 0.15) is 33.4 Å². The molecule has 1 heterocycles. The first-order chi connectivity index (χ1) is 23.2. The van der Waals surface area contributed by atoms with Gasteiger partial charge in [0.2, 0.25) is 0 Å². The van der Waals surface area contributed by atoms with Crippen LogP contribution in [0.5, 0.6) is 0 Å².